The molecule has 2 aromatic rings. The Morgan fingerprint density at radius 2 is 1.34 bits per heavy atom. The van der Waals surface area contributed by atoms with E-state index in [0.717, 1.165) is 43.2 Å². The molecule has 5 amide bonds. The minimum absolute atomic E-state index is 0.0395. The molecular weight excluding hydrogens is 811 g/mol. The van der Waals surface area contributed by atoms with Crippen LogP contribution in [0.25, 0.3) is 11.1 Å². The number of carbonyl (C=O) groups is 5. The van der Waals surface area contributed by atoms with Gasteiger partial charge in [0.25, 0.3) is 5.91 Å². The van der Waals surface area contributed by atoms with Gasteiger partial charge in [-0.05, 0) is 151 Å². The van der Waals surface area contributed by atoms with Gasteiger partial charge in [0.15, 0.2) is 0 Å². The smallest absolute Gasteiger partial charge is 0.404 e. The number of nitrogens with one attached hydrogen (secondary N) is 5. The first-order valence-corrected chi connectivity index (χ1v) is 23.7. The van der Waals surface area contributed by atoms with Crippen molar-refractivity contribution in [2.24, 2.45) is 34.5 Å². The van der Waals surface area contributed by atoms with Gasteiger partial charge in [0.1, 0.15) is 18.1 Å². The molecule has 0 spiro atoms. The second kappa shape index (κ2) is 23.2. The Morgan fingerprint density at radius 1 is 0.734 bits per heavy atom. The number of nitrogens with two attached hydrogens (primary N) is 3. The molecule has 1 saturated heterocycles. The Balaban J connectivity index is 1.11. The summed E-state index contributed by atoms with van der Waals surface area (Å²) < 4.78 is 13.0. The first kappa shape index (κ1) is 50.7. The van der Waals surface area contributed by atoms with Crippen molar-refractivity contribution in [2.75, 3.05) is 19.6 Å². The maximum absolute atomic E-state index is 13.7. The molecule has 3 aliphatic carbocycles. The fraction of sp³-hybridized carbons (Fsp3) is 0.646. The van der Waals surface area contributed by atoms with Crippen LogP contribution in [0.1, 0.15) is 128 Å². The van der Waals surface area contributed by atoms with Crippen molar-refractivity contribution in [3.63, 3.8) is 0 Å². The normalized spacial score (nSPS) is 23.0. The summed E-state index contributed by atoms with van der Waals surface area (Å²) in [5.41, 5.74) is 21.1. The highest BCUT2D eigenvalue weighted by molar-refractivity contribution is 6.47. The highest BCUT2D eigenvalue weighted by Crippen LogP contribution is 2.65. The standard InChI is InChI=1S/C48H75BN8O7/c1-7-8-13-32-16-18-33(19-17-32)34-20-22-35(23-21-34)43(59)53-27-12-10-15-38(57-44(60)37(52)24-26-51)45(61)54-30(2)42(58)56-39(14-9-11-25-50)46(62)55-31(3)49-63-41-29-36-28-40(47(36,4)5)48(41,6)64-49/h16-23,30-31,36-41H,7-15,24-29,50-52H2,1-6H3,(H,53,59)(H,54,61)(H,55,62)(H,56,58)(H,57,60). The Morgan fingerprint density at radius 3 is 1.95 bits per heavy atom. The monoisotopic (exact) mass is 887 g/mol. The summed E-state index contributed by atoms with van der Waals surface area (Å²) >= 11 is 0. The summed E-state index contributed by atoms with van der Waals surface area (Å²) in [6.07, 6.45) is 8.39. The van der Waals surface area contributed by atoms with Crippen LogP contribution in [-0.2, 0) is 34.9 Å². The summed E-state index contributed by atoms with van der Waals surface area (Å²) in [5, 5.41) is 14.2. The van der Waals surface area contributed by atoms with E-state index in [0.29, 0.717) is 62.6 Å². The summed E-state index contributed by atoms with van der Waals surface area (Å²) in [6.45, 7) is 13.2. The van der Waals surface area contributed by atoms with E-state index in [2.05, 4.69) is 78.5 Å². The molecule has 64 heavy (non-hydrogen) atoms. The zero-order chi connectivity index (χ0) is 46.6. The largest absolute Gasteiger partial charge is 0.481 e. The molecule has 4 aliphatic rings. The fourth-order valence-electron chi connectivity index (χ4n) is 9.64. The molecule has 9 unspecified atom stereocenters. The van der Waals surface area contributed by atoms with Gasteiger partial charge in [-0.15, -0.1) is 0 Å². The number of carbonyl (C=O) groups excluding carboxylic acids is 5. The molecule has 2 aromatic carbocycles. The number of hydrogen-bond acceptors (Lipinski definition) is 10. The topological polar surface area (TPSA) is 242 Å². The van der Waals surface area contributed by atoms with Crippen LogP contribution in [0.4, 0.5) is 0 Å². The summed E-state index contributed by atoms with van der Waals surface area (Å²) in [7, 11) is -0.629. The molecule has 1 heterocycles. The van der Waals surface area contributed by atoms with Crippen LogP contribution in [-0.4, -0.2) is 98.1 Å². The third-order valence-electron chi connectivity index (χ3n) is 14.0. The van der Waals surface area contributed by atoms with Crippen LogP contribution in [0.2, 0.25) is 0 Å². The minimum Gasteiger partial charge on any atom is -0.404 e. The van der Waals surface area contributed by atoms with Crippen molar-refractivity contribution >= 4 is 36.7 Å². The average molecular weight is 887 g/mol. The molecule has 9 atom stereocenters. The molecule has 0 radical (unpaired) electrons. The molecule has 16 heteroatoms. The van der Waals surface area contributed by atoms with E-state index in [9.17, 15) is 24.0 Å². The van der Waals surface area contributed by atoms with E-state index in [1.54, 1.807) is 12.1 Å². The Hall–Kier alpha value is -4.35. The van der Waals surface area contributed by atoms with Crippen molar-refractivity contribution in [3.05, 3.63) is 59.7 Å². The van der Waals surface area contributed by atoms with Crippen molar-refractivity contribution in [1.29, 1.82) is 0 Å². The molecule has 352 valence electrons. The maximum atomic E-state index is 13.7. The van der Waals surface area contributed by atoms with Crippen molar-refractivity contribution in [3.8, 4) is 11.1 Å². The lowest BCUT2D eigenvalue weighted by Crippen LogP contribution is -2.65. The molecule has 11 N–H and O–H groups in total. The van der Waals surface area contributed by atoms with Crippen LogP contribution < -0.4 is 43.8 Å². The fourth-order valence-corrected chi connectivity index (χ4v) is 9.64. The van der Waals surface area contributed by atoms with Gasteiger partial charge in [-0.1, -0.05) is 63.6 Å². The lowest BCUT2D eigenvalue weighted by atomic mass is 9.43. The van der Waals surface area contributed by atoms with E-state index in [1.165, 1.54) is 12.5 Å². The average Bonchev–Trinajstić information content (AvgIpc) is 3.65. The second-order valence-electron chi connectivity index (χ2n) is 19.1. The van der Waals surface area contributed by atoms with E-state index >= 15 is 0 Å². The quantitative estimate of drug-likeness (QED) is 0.0532. The van der Waals surface area contributed by atoms with Crippen LogP contribution >= 0.6 is 0 Å². The third kappa shape index (κ3) is 12.7. The van der Waals surface area contributed by atoms with Crippen LogP contribution in [0.5, 0.6) is 0 Å². The van der Waals surface area contributed by atoms with Crippen molar-refractivity contribution in [1.82, 2.24) is 26.6 Å². The number of rotatable bonds is 25. The van der Waals surface area contributed by atoms with Gasteiger partial charge in [-0.25, -0.2) is 0 Å². The molecule has 0 aromatic heterocycles. The van der Waals surface area contributed by atoms with Gasteiger partial charge in [-0.2, -0.15) is 0 Å². The first-order valence-electron chi connectivity index (χ1n) is 23.7. The zero-order valence-electron chi connectivity index (χ0n) is 39.0. The number of aryl methyl sites for hydroxylation is 1. The summed E-state index contributed by atoms with van der Waals surface area (Å²) in [6, 6.07) is 12.1. The van der Waals surface area contributed by atoms with Gasteiger partial charge < -0.3 is 53.1 Å². The number of benzene rings is 2. The Kier molecular flexibility index (Phi) is 18.4. The molecule has 15 nitrogen and oxygen atoms in total. The lowest BCUT2D eigenvalue weighted by molar-refractivity contribution is -0.199. The number of amides is 5. The summed E-state index contributed by atoms with van der Waals surface area (Å²) in [4.78, 5) is 66.9. The van der Waals surface area contributed by atoms with Crippen LogP contribution in [0.15, 0.2) is 48.5 Å². The maximum Gasteiger partial charge on any atom is 0.481 e. The Bertz CT molecular complexity index is 1880. The highest BCUT2D eigenvalue weighted by Gasteiger charge is 2.68. The highest BCUT2D eigenvalue weighted by atomic mass is 16.7. The van der Waals surface area contributed by atoms with E-state index in [1.807, 2.05) is 19.1 Å². The predicted octanol–water partition coefficient (Wildman–Crippen LogP) is 3.65. The van der Waals surface area contributed by atoms with Gasteiger partial charge in [-0.3, -0.25) is 24.0 Å². The minimum atomic E-state index is -1.05. The number of hydrogen-bond donors (Lipinski definition) is 8. The molecule has 6 rings (SSSR count). The van der Waals surface area contributed by atoms with Crippen LogP contribution in [0, 0.1) is 17.3 Å². The van der Waals surface area contributed by atoms with Crippen molar-refractivity contribution in [2.45, 2.75) is 160 Å². The van der Waals surface area contributed by atoms with Crippen molar-refractivity contribution < 1.29 is 33.3 Å². The van der Waals surface area contributed by atoms with Gasteiger partial charge in [0, 0.05) is 12.1 Å². The SMILES string of the molecule is CCCCc1ccc(-c2ccc(C(=O)NCCCCC(NC(=O)C(N)CCN)C(=O)NC(C)C(=O)NC(CCCCN)C(=O)NC(C)B3OC4CC5CC(C5(C)C)C4(C)O3)cc2)cc1. The molecule has 2 bridgehead atoms. The number of unbranched alkanes of at least 4 members (excludes halogenated alkanes) is 3. The van der Waals surface area contributed by atoms with Gasteiger partial charge in [0.05, 0.1) is 23.7 Å². The predicted molar refractivity (Wildman–Crippen MR) is 250 cm³/mol. The van der Waals surface area contributed by atoms with Crippen LogP contribution in [0.3, 0.4) is 0 Å². The summed E-state index contributed by atoms with van der Waals surface area (Å²) in [5.74, 6) is -1.82. The lowest BCUT2D eigenvalue weighted by Gasteiger charge is -2.64. The van der Waals surface area contributed by atoms with Gasteiger partial charge >= 0.3 is 7.12 Å². The van der Waals surface area contributed by atoms with E-state index in [4.69, 9.17) is 26.5 Å². The molecule has 1 aliphatic heterocycles. The van der Waals surface area contributed by atoms with E-state index < -0.39 is 60.5 Å². The molecule has 4 fully saturated rings. The van der Waals surface area contributed by atoms with Gasteiger partial charge in [0.2, 0.25) is 23.6 Å². The second-order valence-corrected chi connectivity index (χ2v) is 19.1. The zero-order valence-corrected chi connectivity index (χ0v) is 39.0. The van der Waals surface area contributed by atoms with E-state index in [-0.39, 0.29) is 42.7 Å². The molecular formula is C48H75BN8O7. The first-order chi connectivity index (χ1) is 30.5. The Labute approximate surface area is 380 Å². The third-order valence-corrected chi connectivity index (χ3v) is 14.0. The molecule has 3 saturated carbocycles.